The highest BCUT2D eigenvalue weighted by molar-refractivity contribution is 6.30. The molecule has 0 aliphatic heterocycles. The number of nitrogens with zero attached hydrogens (tertiary/aromatic N) is 1. The van der Waals surface area contributed by atoms with E-state index in [4.69, 9.17) is 16.7 Å². The van der Waals surface area contributed by atoms with Crippen LogP contribution in [0.25, 0.3) is 11.1 Å². The number of carboxylic acid groups (broad SMARTS) is 1. The molecule has 1 aromatic heterocycles. The third kappa shape index (κ3) is 4.32. The number of hydrogen-bond donors (Lipinski definition) is 1. The zero-order valence-electron chi connectivity index (χ0n) is 11.2. The lowest BCUT2D eigenvalue weighted by Gasteiger charge is -2.13. The lowest BCUT2D eigenvalue weighted by molar-refractivity contribution is -0.154. The number of aromatic nitrogens is 1. The molecule has 0 saturated heterocycles. The van der Waals surface area contributed by atoms with Gasteiger partial charge >= 0.3 is 12.1 Å². The maximum Gasteiger partial charge on any atom is 0.422 e. The molecule has 0 atom stereocenters. The lowest BCUT2D eigenvalue weighted by atomic mass is 10.0. The number of aromatic carboxylic acids is 1. The van der Waals surface area contributed by atoms with Gasteiger partial charge in [0.2, 0.25) is 5.88 Å². The molecule has 4 nitrogen and oxygen atoms in total. The van der Waals surface area contributed by atoms with Gasteiger partial charge in [-0.15, -0.1) is 0 Å². The van der Waals surface area contributed by atoms with Crippen LogP contribution in [0.4, 0.5) is 17.6 Å². The molecular formula is C14H8ClF4NO3. The minimum absolute atomic E-state index is 0.0753. The van der Waals surface area contributed by atoms with Crippen molar-refractivity contribution in [3.63, 3.8) is 0 Å². The van der Waals surface area contributed by atoms with Crippen LogP contribution in [0, 0.1) is 5.82 Å². The zero-order valence-corrected chi connectivity index (χ0v) is 12.0. The van der Waals surface area contributed by atoms with Gasteiger partial charge < -0.3 is 9.84 Å². The van der Waals surface area contributed by atoms with E-state index in [1.165, 1.54) is 12.1 Å². The lowest BCUT2D eigenvalue weighted by Crippen LogP contribution is -2.20. The van der Waals surface area contributed by atoms with Crippen LogP contribution >= 0.6 is 11.6 Å². The van der Waals surface area contributed by atoms with E-state index in [0.717, 1.165) is 18.3 Å². The fraction of sp³-hybridized carbons (Fsp3) is 0.143. The Morgan fingerprint density at radius 2 is 1.96 bits per heavy atom. The maximum absolute atomic E-state index is 14.0. The number of alkyl halides is 3. The van der Waals surface area contributed by atoms with Crippen molar-refractivity contribution in [2.75, 3.05) is 6.61 Å². The smallest absolute Gasteiger partial charge is 0.422 e. The van der Waals surface area contributed by atoms with Crippen LogP contribution in [0.2, 0.25) is 5.02 Å². The molecule has 0 saturated carbocycles. The van der Waals surface area contributed by atoms with Gasteiger partial charge in [-0.2, -0.15) is 13.2 Å². The SMILES string of the molecule is O=C(O)c1cnc(OCC(F)(F)F)c(-c2ccc(Cl)cc2F)c1. The molecule has 23 heavy (non-hydrogen) atoms. The fourth-order valence-corrected chi connectivity index (χ4v) is 1.89. The number of carbonyl (C=O) groups is 1. The van der Waals surface area contributed by atoms with Gasteiger partial charge in [0.05, 0.1) is 5.56 Å². The Labute approximate surface area is 132 Å². The van der Waals surface area contributed by atoms with Gasteiger partial charge in [-0.25, -0.2) is 14.2 Å². The summed E-state index contributed by atoms with van der Waals surface area (Å²) in [6.45, 7) is -1.64. The number of halogens is 5. The highest BCUT2D eigenvalue weighted by Gasteiger charge is 2.29. The van der Waals surface area contributed by atoms with Gasteiger partial charge in [-0.05, 0) is 24.3 Å². The summed E-state index contributed by atoms with van der Waals surface area (Å²) in [5.74, 6) is -2.75. The highest BCUT2D eigenvalue weighted by atomic mass is 35.5. The molecule has 0 unspecified atom stereocenters. The number of pyridine rings is 1. The van der Waals surface area contributed by atoms with Crippen LogP contribution in [-0.4, -0.2) is 28.8 Å². The molecule has 0 aliphatic carbocycles. The van der Waals surface area contributed by atoms with Crippen LogP contribution in [0.3, 0.4) is 0 Å². The van der Waals surface area contributed by atoms with Gasteiger partial charge in [-0.1, -0.05) is 11.6 Å². The van der Waals surface area contributed by atoms with Crippen molar-refractivity contribution in [3.05, 3.63) is 46.9 Å². The van der Waals surface area contributed by atoms with Gasteiger partial charge in [0.1, 0.15) is 5.82 Å². The van der Waals surface area contributed by atoms with Crippen molar-refractivity contribution in [3.8, 4) is 17.0 Å². The van der Waals surface area contributed by atoms with Crippen LogP contribution < -0.4 is 4.74 Å². The first kappa shape index (κ1) is 17.0. The monoisotopic (exact) mass is 349 g/mol. The molecule has 0 aliphatic rings. The molecule has 1 heterocycles. The van der Waals surface area contributed by atoms with Crippen molar-refractivity contribution in [2.45, 2.75) is 6.18 Å². The summed E-state index contributed by atoms with van der Waals surface area (Å²) in [7, 11) is 0. The average molecular weight is 350 g/mol. The summed E-state index contributed by atoms with van der Waals surface area (Å²) in [6.07, 6.45) is -3.80. The van der Waals surface area contributed by atoms with E-state index >= 15 is 0 Å². The molecule has 0 bridgehead atoms. The van der Waals surface area contributed by atoms with Gasteiger partial charge in [-0.3, -0.25) is 0 Å². The second-order valence-electron chi connectivity index (χ2n) is 4.41. The van der Waals surface area contributed by atoms with Crippen LogP contribution in [0.1, 0.15) is 10.4 Å². The first-order valence-corrected chi connectivity index (χ1v) is 6.43. The summed E-state index contributed by atoms with van der Waals surface area (Å²) < 4.78 is 55.4. The third-order valence-electron chi connectivity index (χ3n) is 2.69. The first-order valence-electron chi connectivity index (χ1n) is 6.05. The quantitative estimate of drug-likeness (QED) is 0.841. The Hall–Kier alpha value is -2.35. The predicted molar refractivity (Wildman–Crippen MR) is 73.2 cm³/mol. The Kier molecular flexibility index (Phi) is 4.74. The largest absolute Gasteiger partial charge is 0.478 e. The van der Waals surface area contributed by atoms with E-state index in [1.54, 1.807) is 0 Å². The van der Waals surface area contributed by atoms with Crippen LogP contribution in [-0.2, 0) is 0 Å². The predicted octanol–water partition coefficient (Wildman–Crippen LogP) is 4.18. The molecule has 1 N–H and O–H groups in total. The van der Waals surface area contributed by atoms with Gasteiger partial charge in [0.25, 0.3) is 0 Å². The van der Waals surface area contributed by atoms with Crippen molar-refractivity contribution < 1.29 is 32.2 Å². The van der Waals surface area contributed by atoms with E-state index in [9.17, 15) is 22.4 Å². The first-order chi connectivity index (χ1) is 10.7. The molecule has 2 aromatic rings. The molecule has 0 amide bonds. The molecule has 1 aromatic carbocycles. The van der Waals surface area contributed by atoms with E-state index in [1.807, 2.05) is 0 Å². The van der Waals surface area contributed by atoms with E-state index in [0.29, 0.717) is 0 Å². The summed E-state index contributed by atoms with van der Waals surface area (Å²) >= 11 is 5.62. The van der Waals surface area contributed by atoms with Crippen molar-refractivity contribution >= 4 is 17.6 Å². The molecule has 9 heteroatoms. The average Bonchev–Trinajstić information content (AvgIpc) is 2.44. The molecule has 0 radical (unpaired) electrons. The van der Waals surface area contributed by atoms with Crippen LogP contribution in [0.15, 0.2) is 30.5 Å². The molecule has 0 fully saturated rings. The topological polar surface area (TPSA) is 59.4 Å². The van der Waals surface area contributed by atoms with E-state index in [-0.39, 0.29) is 21.7 Å². The number of hydrogen-bond acceptors (Lipinski definition) is 3. The Balaban J connectivity index is 2.52. The van der Waals surface area contributed by atoms with Crippen molar-refractivity contribution in [1.82, 2.24) is 4.98 Å². The van der Waals surface area contributed by atoms with Crippen molar-refractivity contribution in [1.29, 1.82) is 0 Å². The molecular weight excluding hydrogens is 342 g/mol. The molecule has 122 valence electrons. The summed E-state index contributed by atoms with van der Waals surface area (Å²) in [4.78, 5) is 14.5. The Bertz CT molecular complexity index is 749. The Morgan fingerprint density at radius 3 is 2.52 bits per heavy atom. The number of ether oxygens (including phenoxy) is 1. The molecule has 2 rings (SSSR count). The zero-order chi connectivity index (χ0) is 17.2. The number of carboxylic acids is 1. The third-order valence-corrected chi connectivity index (χ3v) is 2.93. The molecule has 0 spiro atoms. The fourth-order valence-electron chi connectivity index (χ4n) is 1.74. The summed E-state index contributed by atoms with van der Waals surface area (Å²) in [5.41, 5.74) is -0.723. The summed E-state index contributed by atoms with van der Waals surface area (Å²) in [5, 5.41) is 9.02. The Morgan fingerprint density at radius 1 is 1.26 bits per heavy atom. The second-order valence-corrected chi connectivity index (χ2v) is 4.85. The van der Waals surface area contributed by atoms with Crippen molar-refractivity contribution in [2.24, 2.45) is 0 Å². The van der Waals surface area contributed by atoms with Gasteiger partial charge in [0, 0.05) is 22.3 Å². The second kappa shape index (κ2) is 6.41. The number of benzene rings is 1. The van der Waals surface area contributed by atoms with Crippen LogP contribution in [0.5, 0.6) is 5.88 Å². The standard InChI is InChI=1S/C14H8ClF4NO3/c15-8-1-2-9(11(16)4-8)10-3-7(13(21)22)5-20-12(10)23-6-14(17,18)19/h1-5H,6H2,(H,21,22). The summed E-state index contributed by atoms with van der Waals surface area (Å²) in [6, 6.07) is 4.42. The maximum atomic E-state index is 14.0. The van der Waals surface area contributed by atoms with E-state index in [2.05, 4.69) is 9.72 Å². The minimum atomic E-state index is -4.62. The van der Waals surface area contributed by atoms with Gasteiger partial charge in [0.15, 0.2) is 6.61 Å². The van der Waals surface area contributed by atoms with E-state index < -0.39 is 30.4 Å². The highest BCUT2D eigenvalue weighted by Crippen LogP contribution is 2.33. The minimum Gasteiger partial charge on any atom is -0.478 e. The normalized spacial score (nSPS) is 11.3. The number of rotatable bonds is 4.